The minimum Gasteiger partial charge on any atom is -0.287 e. The lowest BCUT2D eigenvalue weighted by molar-refractivity contribution is 0.103. The zero-order valence-electron chi connectivity index (χ0n) is 7.87. The molecule has 3 nitrogen and oxygen atoms in total. The smallest absolute Gasteiger partial charge is 0.287 e. The van der Waals surface area contributed by atoms with Crippen molar-refractivity contribution in [2.75, 3.05) is 0 Å². The van der Waals surface area contributed by atoms with Crippen LogP contribution in [0, 0.1) is 6.08 Å². The van der Waals surface area contributed by atoms with Gasteiger partial charge in [-0.2, -0.15) is 9.37 Å². The van der Waals surface area contributed by atoms with Gasteiger partial charge in [0.25, 0.3) is 0 Å². The summed E-state index contributed by atoms with van der Waals surface area (Å²) in [6.07, 6.45) is 0.418. The summed E-state index contributed by atoms with van der Waals surface area (Å²) in [6.45, 7) is 0. The van der Waals surface area contributed by atoms with E-state index in [1.165, 1.54) is 6.20 Å². The molecule has 1 aromatic carbocycles. The Kier molecular flexibility index (Phi) is 1.82. The largest absolute Gasteiger partial charge is 0.309 e. The molecule has 2 aromatic rings. The fraction of sp³-hybridized carbons (Fsp3) is 0. The number of carbonyl (C=O) groups excluding carboxylic acids is 1. The summed E-state index contributed by atoms with van der Waals surface area (Å²) in [5.74, 6) is -0.311. The van der Waals surface area contributed by atoms with Crippen molar-refractivity contribution >= 4 is 17.4 Å². The first-order chi connectivity index (χ1) is 7.66. The van der Waals surface area contributed by atoms with Gasteiger partial charge in [0.05, 0.1) is 0 Å². The molecule has 1 aliphatic rings. The summed E-state index contributed by atoms with van der Waals surface area (Å²) in [7, 11) is 0. The van der Waals surface area contributed by atoms with Gasteiger partial charge in [0, 0.05) is 22.3 Å². The van der Waals surface area contributed by atoms with E-state index in [0.29, 0.717) is 21.7 Å². The number of carbonyl (C=O) groups is 1. The fourth-order valence-electron chi connectivity index (χ4n) is 1.80. The van der Waals surface area contributed by atoms with Crippen LogP contribution < -0.4 is 0 Å². The van der Waals surface area contributed by atoms with E-state index < -0.39 is 6.08 Å². The minimum absolute atomic E-state index is 0.102. The second-order valence-electron chi connectivity index (χ2n) is 3.42. The predicted octanol–water partition coefficient (Wildman–Crippen LogP) is 2.48. The van der Waals surface area contributed by atoms with Gasteiger partial charge < -0.3 is 0 Å². The van der Waals surface area contributed by atoms with Crippen LogP contribution in [0.15, 0.2) is 24.4 Å². The van der Waals surface area contributed by atoms with E-state index in [0.717, 1.165) is 0 Å². The van der Waals surface area contributed by atoms with E-state index in [9.17, 15) is 9.18 Å². The molecule has 0 saturated carbocycles. The van der Waals surface area contributed by atoms with Crippen LogP contribution in [-0.4, -0.2) is 15.8 Å². The molecular weight excluding hydrogens is 231 g/mol. The highest BCUT2D eigenvalue weighted by molar-refractivity contribution is 6.32. The summed E-state index contributed by atoms with van der Waals surface area (Å²) in [5.41, 5.74) is 1.80. The maximum atomic E-state index is 12.8. The topological polar surface area (TPSA) is 42.9 Å². The van der Waals surface area contributed by atoms with Gasteiger partial charge in [-0.25, -0.2) is 4.98 Å². The molecule has 0 unspecified atom stereocenters. The van der Waals surface area contributed by atoms with E-state index in [1.807, 2.05) is 0 Å². The van der Waals surface area contributed by atoms with Crippen LogP contribution in [0.1, 0.15) is 16.1 Å². The molecule has 0 amide bonds. The number of halogens is 2. The Morgan fingerprint density at radius 3 is 2.81 bits per heavy atom. The molecule has 0 saturated heterocycles. The Balaban J connectivity index is 2.34. The van der Waals surface area contributed by atoms with Gasteiger partial charge in [0.1, 0.15) is 5.69 Å². The van der Waals surface area contributed by atoms with Crippen molar-refractivity contribution in [1.29, 1.82) is 0 Å². The maximum absolute atomic E-state index is 12.8. The van der Waals surface area contributed by atoms with Gasteiger partial charge in [-0.05, 0) is 17.7 Å². The van der Waals surface area contributed by atoms with Crippen LogP contribution in [0.25, 0.3) is 11.1 Å². The molecule has 5 heteroatoms. The maximum Gasteiger partial charge on any atom is 0.309 e. The van der Waals surface area contributed by atoms with Crippen molar-refractivity contribution < 1.29 is 9.18 Å². The summed E-state index contributed by atoms with van der Waals surface area (Å²) < 4.78 is 12.8. The highest BCUT2D eigenvalue weighted by Gasteiger charge is 2.29. The van der Waals surface area contributed by atoms with Gasteiger partial charge in [-0.15, -0.1) is 0 Å². The van der Waals surface area contributed by atoms with Gasteiger partial charge in [-0.1, -0.05) is 17.7 Å². The number of hydrogen-bond acceptors (Lipinski definition) is 3. The van der Waals surface area contributed by atoms with Crippen molar-refractivity contribution in [2.45, 2.75) is 0 Å². The molecule has 1 aliphatic carbocycles. The van der Waals surface area contributed by atoms with Gasteiger partial charge >= 0.3 is 6.08 Å². The number of hydrogen-bond donors (Lipinski definition) is 0. The van der Waals surface area contributed by atoms with Crippen molar-refractivity contribution in [3.8, 4) is 11.1 Å². The average molecular weight is 235 g/mol. The molecule has 16 heavy (non-hydrogen) atoms. The molecular formula is C11H4ClFN2O. The van der Waals surface area contributed by atoms with E-state index in [4.69, 9.17) is 11.6 Å². The lowest BCUT2D eigenvalue weighted by atomic mass is 10.1. The Morgan fingerprint density at radius 2 is 2.00 bits per heavy atom. The first-order valence-corrected chi connectivity index (χ1v) is 4.92. The van der Waals surface area contributed by atoms with Gasteiger partial charge in [0.15, 0.2) is 0 Å². The standard InChI is InChI=1S/C11H4ClFN2O/c12-5-1-2-6-7(3-5)10(16)9-8(6)4-14-11(13)15-9/h1-4H. The van der Waals surface area contributed by atoms with Gasteiger partial charge in [0.2, 0.25) is 5.78 Å². The molecule has 1 aromatic heterocycles. The molecule has 0 N–H and O–H groups in total. The minimum atomic E-state index is -0.897. The van der Waals surface area contributed by atoms with Crippen molar-refractivity contribution in [3.05, 3.63) is 46.8 Å². The molecule has 0 atom stereocenters. The molecule has 0 spiro atoms. The number of fused-ring (bicyclic) bond motifs is 3. The van der Waals surface area contributed by atoms with Crippen molar-refractivity contribution in [1.82, 2.24) is 9.97 Å². The molecule has 3 rings (SSSR count). The number of ketones is 1. The van der Waals surface area contributed by atoms with Gasteiger partial charge in [-0.3, -0.25) is 4.79 Å². The number of rotatable bonds is 0. The van der Waals surface area contributed by atoms with E-state index in [2.05, 4.69) is 9.97 Å². The summed E-state index contributed by atoms with van der Waals surface area (Å²) in [6, 6.07) is 4.94. The third-order valence-electron chi connectivity index (χ3n) is 2.49. The van der Waals surface area contributed by atoms with E-state index in [-0.39, 0.29) is 11.5 Å². The quantitative estimate of drug-likeness (QED) is 0.561. The Morgan fingerprint density at radius 1 is 1.19 bits per heavy atom. The Hall–Kier alpha value is -1.81. The SMILES string of the molecule is O=C1c2cc(Cl)ccc2-c2cnc(F)nc21. The third-order valence-corrected chi connectivity index (χ3v) is 2.73. The summed E-state index contributed by atoms with van der Waals surface area (Å²) >= 11 is 5.80. The molecule has 0 radical (unpaired) electrons. The van der Waals surface area contributed by atoms with Crippen LogP contribution in [0.3, 0.4) is 0 Å². The van der Waals surface area contributed by atoms with Crippen LogP contribution >= 0.6 is 11.6 Å². The highest BCUT2D eigenvalue weighted by Crippen LogP contribution is 2.36. The molecule has 0 bridgehead atoms. The molecule has 1 heterocycles. The normalized spacial score (nSPS) is 12.5. The van der Waals surface area contributed by atoms with Crippen LogP contribution in [-0.2, 0) is 0 Å². The Labute approximate surface area is 94.9 Å². The fourth-order valence-corrected chi connectivity index (χ4v) is 1.97. The number of aromatic nitrogens is 2. The lowest BCUT2D eigenvalue weighted by Gasteiger charge is -1.97. The zero-order valence-corrected chi connectivity index (χ0v) is 8.62. The number of nitrogens with zero attached hydrogens (tertiary/aromatic N) is 2. The molecule has 0 aliphatic heterocycles. The highest BCUT2D eigenvalue weighted by atomic mass is 35.5. The average Bonchev–Trinajstić information content (AvgIpc) is 2.53. The third kappa shape index (κ3) is 1.17. The predicted molar refractivity (Wildman–Crippen MR) is 55.9 cm³/mol. The van der Waals surface area contributed by atoms with E-state index in [1.54, 1.807) is 18.2 Å². The summed E-state index contributed by atoms with van der Waals surface area (Å²) in [4.78, 5) is 18.8. The van der Waals surface area contributed by atoms with Crippen molar-refractivity contribution in [2.24, 2.45) is 0 Å². The monoisotopic (exact) mass is 234 g/mol. The second-order valence-corrected chi connectivity index (χ2v) is 3.86. The zero-order chi connectivity index (χ0) is 11.3. The molecule has 0 fully saturated rings. The van der Waals surface area contributed by atoms with E-state index >= 15 is 0 Å². The van der Waals surface area contributed by atoms with Crippen LogP contribution in [0.2, 0.25) is 5.02 Å². The van der Waals surface area contributed by atoms with Crippen LogP contribution in [0.5, 0.6) is 0 Å². The second kappa shape index (κ2) is 3.09. The first kappa shape index (κ1) is 9.42. The molecule has 78 valence electrons. The Bertz CT molecular complexity index is 574. The summed E-state index contributed by atoms with van der Waals surface area (Å²) in [5, 5.41) is 0.466. The van der Waals surface area contributed by atoms with Crippen molar-refractivity contribution in [3.63, 3.8) is 0 Å². The van der Waals surface area contributed by atoms with Crippen LogP contribution in [0.4, 0.5) is 4.39 Å². The lowest BCUT2D eigenvalue weighted by Crippen LogP contribution is -2.01. The first-order valence-electron chi connectivity index (χ1n) is 4.54. The number of benzene rings is 1.